The van der Waals surface area contributed by atoms with Crippen molar-refractivity contribution < 1.29 is 0 Å². The van der Waals surface area contributed by atoms with Crippen LogP contribution in [0, 0.1) is 0 Å². The van der Waals surface area contributed by atoms with E-state index in [0.29, 0.717) is 0 Å². The summed E-state index contributed by atoms with van der Waals surface area (Å²) in [5, 5.41) is 0. The van der Waals surface area contributed by atoms with Crippen molar-refractivity contribution >= 4 is 0 Å². The Morgan fingerprint density at radius 3 is 2.78 bits per heavy atom. The topological polar surface area (TPSA) is 38.0 Å². The zero-order valence-electron chi connectivity index (χ0n) is 6.02. The van der Waals surface area contributed by atoms with E-state index in [1.807, 2.05) is 19.1 Å². The van der Waals surface area contributed by atoms with Crippen LogP contribution in [0.1, 0.15) is 20.3 Å². The lowest BCUT2D eigenvalue weighted by atomic mass is 10.3. The Bertz CT molecular complexity index is 114. The van der Waals surface area contributed by atoms with Crippen molar-refractivity contribution in [1.29, 1.82) is 0 Å². The second-order valence-corrected chi connectivity index (χ2v) is 1.83. The van der Waals surface area contributed by atoms with Crippen LogP contribution in [0.5, 0.6) is 0 Å². The van der Waals surface area contributed by atoms with Crippen LogP contribution in [0.25, 0.3) is 0 Å². The highest BCUT2D eigenvalue weighted by Gasteiger charge is 1.74. The summed E-state index contributed by atoms with van der Waals surface area (Å²) in [5.41, 5.74) is 3.51. The Morgan fingerprint density at radius 2 is 2.33 bits per heavy atom. The van der Waals surface area contributed by atoms with E-state index in [9.17, 15) is 0 Å². The van der Waals surface area contributed by atoms with E-state index in [-0.39, 0.29) is 0 Å². The molecule has 0 saturated carbocycles. The van der Waals surface area contributed by atoms with E-state index in [2.05, 4.69) is 18.4 Å². The zero-order chi connectivity index (χ0) is 7.11. The summed E-state index contributed by atoms with van der Waals surface area (Å²) >= 11 is 0. The molecule has 0 amide bonds. The third-order valence-corrected chi connectivity index (χ3v) is 0.946. The van der Waals surface area contributed by atoms with Gasteiger partial charge in [0.25, 0.3) is 0 Å². The predicted octanol–water partition coefficient (Wildman–Crippen LogP) is 1.32. The molecule has 0 aromatic carbocycles. The summed E-state index contributed by atoms with van der Waals surface area (Å²) in [5.74, 6) is 5.10. The number of hydrazine groups is 1. The van der Waals surface area contributed by atoms with Crippen LogP contribution in [0.15, 0.2) is 23.9 Å². The third-order valence-electron chi connectivity index (χ3n) is 0.946. The summed E-state index contributed by atoms with van der Waals surface area (Å²) in [7, 11) is 0. The highest BCUT2D eigenvalue weighted by atomic mass is 15.2. The minimum Gasteiger partial charge on any atom is -0.329 e. The van der Waals surface area contributed by atoms with Crippen LogP contribution in [-0.2, 0) is 0 Å². The quantitative estimate of drug-likeness (QED) is 0.340. The fourth-order valence-electron chi connectivity index (χ4n) is 0.397. The van der Waals surface area contributed by atoms with Crippen LogP contribution < -0.4 is 11.3 Å². The van der Waals surface area contributed by atoms with Crippen molar-refractivity contribution in [1.82, 2.24) is 5.43 Å². The second kappa shape index (κ2) is 5.38. The lowest BCUT2D eigenvalue weighted by Crippen LogP contribution is -2.18. The molecule has 0 rings (SSSR count). The lowest BCUT2D eigenvalue weighted by molar-refractivity contribution is 0.886. The molecule has 0 aliphatic heterocycles. The first-order valence-corrected chi connectivity index (χ1v) is 3.11. The summed E-state index contributed by atoms with van der Waals surface area (Å²) in [6.07, 6.45) is 7.05. The van der Waals surface area contributed by atoms with Crippen LogP contribution in [0.2, 0.25) is 0 Å². The van der Waals surface area contributed by atoms with Gasteiger partial charge in [0.15, 0.2) is 0 Å². The summed E-state index contributed by atoms with van der Waals surface area (Å²) in [4.78, 5) is 0. The normalized spacial score (nSPS) is 12.6. The highest BCUT2D eigenvalue weighted by molar-refractivity contribution is 5.07. The van der Waals surface area contributed by atoms with Crippen molar-refractivity contribution in [2.75, 3.05) is 0 Å². The summed E-state index contributed by atoms with van der Waals surface area (Å²) in [6.45, 7) is 4.01. The minimum absolute atomic E-state index is 0.972. The Kier molecular flexibility index (Phi) is 4.92. The molecule has 0 aromatic heterocycles. The third kappa shape index (κ3) is 5.11. The van der Waals surface area contributed by atoms with Crippen molar-refractivity contribution in [3.05, 3.63) is 23.9 Å². The van der Waals surface area contributed by atoms with Crippen LogP contribution in [0.4, 0.5) is 0 Å². The zero-order valence-corrected chi connectivity index (χ0v) is 6.02. The molecule has 3 N–H and O–H groups in total. The molecule has 2 heteroatoms. The number of allylic oxidation sites excluding steroid dienone is 4. The average molecular weight is 126 g/mol. The molecule has 0 radical (unpaired) electrons. The first kappa shape index (κ1) is 8.24. The average Bonchev–Trinajstić information content (AvgIpc) is 1.89. The number of hydrogen-bond donors (Lipinski definition) is 2. The van der Waals surface area contributed by atoms with Gasteiger partial charge in [-0.3, -0.25) is 5.84 Å². The standard InChI is InChI=1S/C7H14N2/c1-3-4-5-6-7(2)9-8/h4-6,9H,3,8H2,1-2H3/b5-4-,7-6+. The van der Waals surface area contributed by atoms with Gasteiger partial charge in [0.05, 0.1) is 0 Å². The number of hydrogen-bond acceptors (Lipinski definition) is 2. The molecule has 0 unspecified atom stereocenters. The van der Waals surface area contributed by atoms with Gasteiger partial charge in [-0.25, -0.2) is 0 Å². The van der Waals surface area contributed by atoms with Gasteiger partial charge in [-0.1, -0.05) is 19.1 Å². The summed E-state index contributed by atoms with van der Waals surface area (Å²) < 4.78 is 0. The van der Waals surface area contributed by atoms with E-state index in [4.69, 9.17) is 5.84 Å². The molecule has 9 heavy (non-hydrogen) atoms. The largest absolute Gasteiger partial charge is 0.329 e. The maximum absolute atomic E-state index is 5.10. The van der Waals surface area contributed by atoms with Gasteiger partial charge >= 0.3 is 0 Å². The van der Waals surface area contributed by atoms with Crippen molar-refractivity contribution in [2.24, 2.45) is 5.84 Å². The van der Waals surface area contributed by atoms with Gasteiger partial charge in [-0.2, -0.15) is 0 Å². The van der Waals surface area contributed by atoms with Crippen molar-refractivity contribution in [3.63, 3.8) is 0 Å². The van der Waals surface area contributed by atoms with Crippen molar-refractivity contribution in [2.45, 2.75) is 20.3 Å². The Hall–Kier alpha value is -0.760. The van der Waals surface area contributed by atoms with Gasteiger partial charge < -0.3 is 5.43 Å². The van der Waals surface area contributed by atoms with Crippen LogP contribution in [-0.4, -0.2) is 0 Å². The number of rotatable bonds is 3. The second-order valence-electron chi connectivity index (χ2n) is 1.83. The van der Waals surface area contributed by atoms with Gasteiger partial charge in [0, 0.05) is 5.70 Å². The van der Waals surface area contributed by atoms with E-state index in [0.717, 1.165) is 12.1 Å². The van der Waals surface area contributed by atoms with Gasteiger partial charge in [-0.15, -0.1) is 0 Å². The van der Waals surface area contributed by atoms with E-state index in [1.54, 1.807) is 0 Å². The van der Waals surface area contributed by atoms with Gasteiger partial charge in [0.1, 0.15) is 0 Å². The highest BCUT2D eigenvalue weighted by Crippen LogP contribution is 1.85. The number of nitrogens with one attached hydrogen (secondary N) is 1. The molecule has 52 valence electrons. The van der Waals surface area contributed by atoms with E-state index < -0.39 is 0 Å². The maximum Gasteiger partial charge on any atom is 0.0228 e. The van der Waals surface area contributed by atoms with E-state index in [1.165, 1.54) is 0 Å². The first-order chi connectivity index (χ1) is 4.31. The van der Waals surface area contributed by atoms with Gasteiger partial charge in [-0.05, 0) is 19.4 Å². The Labute approximate surface area is 56.4 Å². The predicted molar refractivity (Wildman–Crippen MR) is 40.5 cm³/mol. The minimum atomic E-state index is 0.972. The number of nitrogens with two attached hydrogens (primary N) is 1. The molecular formula is C7H14N2. The maximum atomic E-state index is 5.10. The molecule has 0 spiro atoms. The Balaban J connectivity index is 3.55. The van der Waals surface area contributed by atoms with Crippen LogP contribution in [0.3, 0.4) is 0 Å². The first-order valence-electron chi connectivity index (χ1n) is 3.11. The Morgan fingerprint density at radius 1 is 1.67 bits per heavy atom. The molecule has 0 fully saturated rings. The molecule has 0 aliphatic carbocycles. The smallest absolute Gasteiger partial charge is 0.0228 e. The molecule has 2 nitrogen and oxygen atoms in total. The molecule has 0 heterocycles. The van der Waals surface area contributed by atoms with E-state index >= 15 is 0 Å². The monoisotopic (exact) mass is 126 g/mol. The van der Waals surface area contributed by atoms with Gasteiger partial charge in [0.2, 0.25) is 0 Å². The lowest BCUT2D eigenvalue weighted by Gasteiger charge is -1.93. The molecule has 0 aromatic rings. The van der Waals surface area contributed by atoms with Crippen LogP contribution >= 0.6 is 0 Å². The SMILES string of the molecule is CC/C=C\C=C(/C)NN. The fourth-order valence-corrected chi connectivity index (χ4v) is 0.397. The molecule has 0 saturated heterocycles. The molecule has 0 atom stereocenters. The summed E-state index contributed by atoms with van der Waals surface area (Å²) in [6, 6.07) is 0. The molecule has 0 bridgehead atoms. The van der Waals surface area contributed by atoms with Crippen molar-refractivity contribution in [3.8, 4) is 0 Å². The molecule has 0 aliphatic rings. The fraction of sp³-hybridized carbons (Fsp3) is 0.429. The molecular weight excluding hydrogens is 112 g/mol.